The normalized spacial score (nSPS) is 17.9. The molecule has 174 valence electrons. The molecule has 1 aliphatic heterocycles. The van der Waals surface area contributed by atoms with Gasteiger partial charge in [-0.05, 0) is 28.7 Å². The lowest BCUT2D eigenvalue weighted by molar-refractivity contribution is -0.384. The number of likely N-dealkylation sites (tertiary alicyclic amines) is 1. The van der Waals surface area contributed by atoms with Gasteiger partial charge in [-0.3, -0.25) is 19.7 Å². The molecule has 1 amide bonds. The maximum Gasteiger partial charge on any atom is 0.296 e. The molecule has 2 aromatic carbocycles. The summed E-state index contributed by atoms with van der Waals surface area (Å²) in [5, 5.41) is 22.3. The fourth-order valence-electron chi connectivity index (χ4n) is 4.05. The zero-order chi connectivity index (χ0) is 24.6. The molecule has 0 saturated carbocycles. The summed E-state index contributed by atoms with van der Waals surface area (Å²) < 4.78 is 5.39. The van der Waals surface area contributed by atoms with Crippen molar-refractivity contribution in [2.75, 3.05) is 0 Å². The minimum atomic E-state index is -0.890. The predicted octanol–water partition coefficient (Wildman–Crippen LogP) is 5.11. The second-order valence-electron chi connectivity index (χ2n) is 9.19. The molecule has 4 rings (SSSR count). The summed E-state index contributed by atoms with van der Waals surface area (Å²) in [6, 6.07) is 15.3. The smallest absolute Gasteiger partial charge is 0.296 e. The van der Waals surface area contributed by atoms with E-state index in [4.69, 9.17) is 4.42 Å². The van der Waals surface area contributed by atoms with Crippen molar-refractivity contribution < 1.29 is 24.0 Å². The van der Waals surface area contributed by atoms with E-state index in [2.05, 4.69) is 20.8 Å². The minimum absolute atomic E-state index is 0.0228. The lowest BCUT2D eigenvalue weighted by Gasteiger charge is -2.26. The number of aliphatic hydroxyl groups excluding tert-OH is 1. The predicted molar refractivity (Wildman–Crippen MR) is 125 cm³/mol. The number of Topliss-reactive ketones (excluding diaryl/α,β-unsaturated/α-hetero) is 1. The molecule has 0 aliphatic carbocycles. The fourth-order valence-corrected chi connectivity index (χ4v) is 4.05. The van der Waals surface area contributed by atoms with Crippen LogP contribution in [0.25, 0.3) is 5.76 Å². The number of carbonyl (C=O) groups is 2. The van der Waals surface area contributed by atoms with Gasteiger partial charge in [-0.1, -0.05) is 57.2 Å². The Bertz CT molecular complexity index is 1280. The van der Waals surface area contributed by atoms with Crippen LogP contribution in [-0.2, 0) is 21.5 Å². The first-order valence-electron chi connectivity index (χ1n) is 10.7. The summed E-state index contributed by atoms with van der Waals surface area (Å²) in [7, 11) is 0. The number of carbonyl (C=O) groups excluding carboxylic acids is 2. The molecule has 1 fully saturated rings. The van der Waals surface area contributed by atoms with Crippen molar-refractivity contribution in [1.82, 2.24) is 4.90 Å². The standard InChI is InChI=1S/C26H24N2O6/c1-26(2,3)18-11-9-16(10-12-18)22-21(23(29)17-6-4-7-19(14-17)28(32)33)24(30)25(31)27(22)15-20-8-5-13-34-20/h4-14,22,29H,15H2,1-3H3/b23-21-. The van der Waals surface area contributed by atoms with Gasteiger partial charge in [-0.15, -0.1) is 0 Å². The zero-order valence-electron chi connectivity index (χ0n) is 19.0. The molecule has 34 heavy (non-hydrogen) atoms. The van der Waals surface area contributed by atoms with E-state index < -0.39 is 28.4 Å². The Morgan fingerprint density at radius 3 is 2.38 bits per heavy atom. The van der Waals surface area contributed by atoms with Gasteiger partial charge < -0.3 is 14.4 Å². The fraction of sp³-hybridized carbons (Fsp3) is 0.231. The van der Waals surface area contributed by atoms with Gasteiger partial charge in [0.2, 0.25) is 0 Å². The van der Waals surface area contributed by atoms with Crippen LogP contribution in [0.2, 0.25) is 0 Å². The van der Waals surface area contributed by atoms with Crippen LogP contribution in [0.4, 0.5) is 5.69 Å². The number of hydrogen-bond acceptors (Lipinski definition) is 6. The number of non-ortho nitro benzene ring substituents is 1. The van der Waals surface area contributed by atoms with E-state index in [1.807, 2.05) is 24.3 Å². The lowest BCUT2D eigenvalue weighted by Crippen LogP contribution is -2.29. The molecule has 0 radical (unpaired) electrons. The second-order valence-corrected chi connectivity index (χ2v) is 9.19. The van der Waals surface area contributed by atoms with Crippen LogP contribution in [0, 0.1) is 10.1 Å². The number of nitrogens with zero attached hydrogens (tertiary/aromatic N) is 2. The number of ketones is 1. The molecular weight excluding hydrogens is 436 g/mol. The SMILES string of the molecule is CC(C)(C)c1ccc(C2/C(=C(/O)c3cccc([N+](=O)[O-])c3)C(=O)C(=O)N2Cc2ccco2)cc1. The molecule has 1 aromatic heterocycles. The van der Waals surface area contributed by atoms with E-state index in [0.717, 1.165) is 5.56 Å². The Hall–Kier alpha value is -4.20. The lowest BCUT2D eigenvalue weighted by atomic mass is 9.85. The zero-order valence-corrected chi connectivity index (χ0v) is 19.0. The van der Waals surface area contributed by atoms with Crippen molar-refractivity contribution in [3.8, 4) is 0 Å². The number of hydrogen-bond donors (Lipinski definition) is 1. The van der Waals surface area contributed by atoms with Crippen molar-refractivity contribution >= 4 is 23.1 Å². The first-order chi connectivity index (χ1) is 16.1. The largest absolute Gasteiger partial charge is 0.507 e. The van der Waals surface area contributed by atoms with Gasteiger partial charge in [0.15, 0.2) is 0 Å². The van der Waals surface area contributed by atoms with Crippen molar-refractivity contribution in [3.63, 3.8) is 0 Å². The monoisotopic (exact) mass is 460 g/mol. The highest BCUT2D eigenvalue weighted by Gasteiger charge is 2.46. The van der Waals surface area contributed by atoms with Gasteiger partial charge in [-0.2, -0.15) is 0 Å². The third-order valence-electron chi connectivity index (χ3n) is 5.87. The quantitative estimate of drug-likeness (QED) is 0.186. The average molecular weight is 460 g/mol. The van der Waals surface area contributed by atoms with Crippen molar-refractivity contribution in [2.24, 2.45) is 0 Å². The Labute approximate surface area is 196 Å². The van der Waals surface area contributed by atoms with Crippen LogP contribution >= 0.6 is 0 Å². The summed E-state index contributed by atoms with van der Waals surface area (Å²) in [5.74, 6) is -1.63. The maximum absolute atomic E-state index is 13.1. The Balaban J connectivity index is 1.87. The van der Waals surface area contributed by atoms with E-state index in [9.17, 15) is 24.8 Å². The van der Waals surface area contributed by atoms with Gasteiger partial charge in [0.1, 0.15) is 11.5 Å². The van der Waals surface area contributed by atoms with Gasteiger partial charge in [-0.25, -0.2) is 0 Å². The summed E-state index contributed by atoms with van der Waals surface area (Å²) in [4.78, 5) is 38.1. The molecule has 3 aromatic rings. The molecule has 1 aliphatic rings. The summed E-state index contributed by atoms with van der Waals surface area (Å²) in [5.41, 5.74) is 1.32. The Kier molecular flexibility index (Phi) is 5.83. The topological polar surface area (TPSA) is 114 Å². The van der Waals surface area contributed by atoms with Gasteiger partial charge in [0, 0.05) is 17.7 Å². The molecular formula is C26H24N2O6. The highest BCUT2D eigenvalue weighted by Crippen LogP contribution is 2.41. The van der Waals surface area contributed by atoms with E-state index in [0.29, 0.717) is 11.3 Å². The average Bonchev–Trinajstić information content (AvgIpc) is 3.40. The number of nitro groups is 1. The number of benzene rings is 2. The molecule has 1 atom stereocenters. The maximum atomic E-state index is 13.1. The van der Waals surface area contributed by atoms with Crippen LogP contribution in [0.3, 0.4) is 0 Å². The van der Waals surface area contributed by atoms with Crippen LogP contribution in [0.5, 0.6) is 0 Å². The van der Waals surface area contributed by atoms with Crippen molar-refractivity contribution in [1.29, 1.82) is 0 Å². The number of rotatable bonds is 5. The molecule has 0 bridgehead atoms. The first-order valence-corrected chi connectivity index (χ1v) is 10.7. The van der Waals surface area contributed by atoms with E-state index in [1.165, 1.54) is 35.4 Å². The van der Waals surface area contributed by atoms with Gasteiger partial charge in [0.05, 0.1) is 29.3 Å². The minimum Gasteiger partial charge on any atom is -0.507 e. The van der Waals surface area contributed by atoms with Crippen molar-refractivity contribution in [3.05, 3.63) is 105 Å². The van der Waals surface area contributed by atoms with Crippen LogP contribution in [-0.4, -0.2) is 26.6 Å². The van der Waals surface area contributed by atoms with E-state index in [1.54, 1.807) is 12.1 Å². The third-order valence-corrected chi connectivity index (χ3v) is 5.87. The number of amides is 1. The highest BCUT2D eigenvalue weighted by molar-refractivity contribution is 6.46. The summed E-state index contributed by atoms with van der Waals surface area (Å²) >= 11 is 0. The second kappa shape index (κ2) is 8.62. The summed E-state index contributed by atoms with van der Waals surface area (Å²) in [6.07, 6.45) is 1.47. The molecule has 8 nitrogen and oxygen atoms in total. The van der Waals surface area contributed by atoms with E-state index >= 15 is 0 Å². The molecule has 0 spiro atoms. The third kappa shape index (κ3) is 4.22. The van der Waals surface area contributed by atoms with Crippen molar-refractivity contribution in [2.45, 2.75) is 38.8 Å². The Morgan fingerprint density at radius 1 is 1.09 bits per heavy atom. The molecule has 1 unspecified atom stereocenters. The van der Waals surface area contributed by atoms with Crippen LogP contribution < -0.4 is 0 Å². The van der Waals surface area contributed by atoms with Gasteiger partial charge in [0.25, 0.3) is 17.4 Å². The molecule has 1 saturated heterocycles. The number of nitro benzene ring substituents is 1. The van der Waals surface area contributed by atoms with Crippen LogP contribution in [0.1, 0.15) is 49.3 Å². The first kappa shape index (κ1) is 23.0. The molecule has 1 N–H and O–H groups in total. The summed E-state index contributed by atoms with van der Waals surface area (Å²) in [6.45, 7) is 6.25. The molecule has 2 heterocycles. The highest BCUT2D eigenvalue weighted by atomic mass is 16.6. The number of furan rings is 1. The molecule has 8 heteroatoms. The van der Waals surface area contributed by atoms with Crippen LogP contribution in [0.15, 0.2) is 76.9 Å². The van der Waals surface area contributed by atoms with Gasteiger partial charge >= 0.3 is 0 Å². The Morgan fingerprint density at radius 2 is 1.79 bits per heavy atom. The van der Waals surface area contributed by atoms with E-state index in [-0.39, 0.29) is 28.8 Å². The number of aliphatic hydroxyl groups is 1.